The van der Waals surface area contributed by atoms with Gasteiger partial charge in [-0.1, -0.05) is 6.92 Å². The van der Waals surface area contributed by atoms with E-state index >= 15 is 0 Å². The van der Waals surface area contributed by atoms with Gasteiger partial charge in [0, 0.05) is 18.6 Å². The topological polar surface area (TPSA) is 41.6 Å². The number of nitrogens with zero attached hydrogens (tertiary/aromatic N) is 1. The zero-order chi connectivity index (χ0) is 14.6. The molecule has 19 heavy (non-hydrogen) atoms. The number of methoxy groups -OCH3 is 1. The molecule has 1 saturated heterocycles. The van der Waals surface area contributed by atoms with Crippen LogP contribution in [0, 0.1) is 5.92 Å². The highest BCUT2D eigenvalue weighted by molar-refractivity contribution is 5.80. The molecule has 1 rings (SSSR count). The number of likely N-dealkylation sites (tertiary alicyclic amines) is 1. The highest BCUT2D eigenvalue weighted by Gasteiger charge is 2.39. The van der Waals surface area contributed by atoms with E-state index in [-0.39, 0.29) is 12.0 Å². The monoisotopic (exact) mass is 270 g/mol. The molecule has 0 radical (unpaired) electrons. The van der Waals surface area contributed by atoms with Crippen LogP contribution in [0.25, 0.3) is 0 Å². The summed E-state index contributed by atoms with van der Waals surface area (Å²) in [6.45, 7) is 12.4. The first-order valence-electron chi connectivity index (χ1n) is 7.40. The third-order valence-corrected chi connectivity index (χ3v) is 4.27. The second-order valence-electron chi connectivity index (χ2n) is 6.45. The van der Waals surface area contributed by atoms with Gasteiger partial charge in [0.05, 0.1) is 7.11 Å². The molecular weight excluding hydrogens is 240 g/mol. The van der Waals surface area contributed by atoms with Crippen molar-refractivity contribution in [1.82, 2.24) is 10.2 Å². The van der Waals surface area contributed by atoms with E-state index in [0.717, 1.165) is 6.54 Å². The van der Waals surface area contributed by atoms with Gasteiger partial charge in [-0.2, -0.15) is 0 Å². The van der Waals surface area contributed by atoms with E-state index in [1.54, 1.807) is 0 Å². The Morgan fingerprint density at radius 1 is 1.47 bits per heavy atom. The minimum Gasteiger partial charge on any atom is -0.468 e. The summed E-state index contributed by atoms with van der Waals surface area (Å²) in [7, 11) is 1.46. The Bertz CT molecular complexity index is 307. The minimum absolute atomic E-state index is 0.174. The van der Waals surface area contributed by atoms with Crippen LogP contribution in [0.4, 0.5) is 0 Å². The van der Waals surface area contributed by atoms with Gasteiger partial charge in [0.1, 0.15) is 5.54 Å². The van der Waals surface area contributed by atoms with Crippen molar-refractivity contribution in [2.75, 3.05) is 20.2 Å². The molecule has 0 aromatic heterocycles. The number of carbonyl (C=O) groups excluding carboxylic acids is 1. The number of ether oxygens (including phenoxy) is 1. The van der Waals surface area contributed by atoms with Gasteiger partial charge < -0.3 is 4.74 Å². The van der Waals surface area contributed by atoms with E-state index in [0.29, 0.717) is 18.5 Å². The molecule has 3 atom stereocenters. The first kappa shape index (κ1) is 16.4. The van der Waals surface area contributed by atoms with Crippen LogP contribution < -0.4 is 5.32 Å². The maximum Gasteiger partial charge on any atom is 0.327 e. The second-order valence-corrected chi connectivity index (χ2v) is 6.45. The molecule has 3 unspecified atom stereocenters. The Labute approximate surface area is 117 Å². The maximum absolute atomic E-state index is 12.1. The van der Waals surface area contributed by atoms with Crippen LogP contribution >= 0.6 is 0 Å². The Hall–Kier alpha value is -0.610. The highest BCUT2D eigenvalue weighted by atomic mass is 16.5. The fourth-order valence-electron chi connectivity index (χ4n) is 3.08. The number of hydrogen-bond donors (Lipinski definition) is 1. The number of piperidine rings is 1. The van der Waals surface area contributed by atoms with Gasteiger partial charge in [0.25, 0.3) is 0 Å². The van der Waals surface area contributed by atoms with E-state index in [1.165, 1.54) is 20.0 Å². The summed E-state index contributed by atoms with van der Waals surface area (Å²) in [6.07, 6.45) is 2.49. The van der Waals surface area contributed by atoms with E-state index < -0.39 is 5.54 Å². The summed E-state index contributed by atoms with van der Waals surface area (Å²) >= 11 is 0. The Morgan fingerprint density at radius 2 is 2.11 bits per heavy atom. The Morgan fingerprint density at radius 3 is 2.63 bits per heavy atom. The highest BCUT2D eigenvalue weighted by Crippen LogP contribution is 2.25. The van der Waals surface area contributed by atoms with Crippen molar-refractivity contribution in [3.05, 3.63) is 0 Å². The molecule has 0 amide bonds. The molecule has 4 heteroatoms. The van der Waals surface area contributed by atoms with Crippen molar-refractivity contribution < 1.29 is 9.53 Å². The van der Waals surface area contributed by atoms with Crippen LogP contribution in [0.15, 0.2) is 0 Å². The predicted molar refractivity (Wildman–Crippen MR) is 78.1 cm³/mol. The summed E-state index contributed by atoms with van der Waals surface area (Å²) in [4.78, 5) is 14.5. The van der Waals surface area contributed by atoms with Crippen LogP contribution in [0.5, 0.6) is 0 Å². The van der Waals surface area contributed by atoms with Gasteiger partial charge in [-0.3, -0.25) is 15.0 Å². The van der Waals surface area contributed by atoms with Gasteiger partial charge in [-0.15, -0.1) is 0 Å². The molecule has 0 aromatic carbocycles. The smallest absolute Gasteiger partial charge is 0.327 e. The summed E-state index contributed by atoms with van der Waals surface area (Å²) < 4.78 is 4.99. The lowest BCUT2D eigenvalue weighted by Crippen LogP contribution is -2.61. The molecule has 4 nitrogen and oxygen atoms in total. The molecule has 1 N–H and O–H groups in total. The fraction of sp³-hybridized carbons (Fsp3) is 0.933. The van der Waals surface area contributed by atoms with E-state index in [9.17, 15) is 4.79 Å². The molecule has 112 valence electrons. The quantitative estimate of drug-likeness (QED) is 0.776. The normalized spacial score (nSPS) is 28.2. The van der Waals surface area contributed by atoms with Crippen molar-refractivity contribution >= 4 is 5.97 Å². The minimum atomic E-state index is -0.631. The van der Waals surface area contributed by atoms with Crippen molar-refractivity contribution in [2.24, 2.45) is 5.92 Å². The largest absolute Gasteiger partial charge is 0.468 e. The van der Waals surface area contributed by atoms with Gasteiger partial charge in [0.2, 0.25) is 0 Å². The standard InChI is InChI=1S/C15H30N2O2/c1-11(2)16-15(5,14(18)19-6)10-17-9-7-8-12(3)13(17)4/h11-13,16H,7-10H2,1-6H3. The third kappa shape index (κ3) is 4.18. The summed E-state index contributed by atoms with van der Waals surface area (Å²) in [5.74, 6) is 0.515. The predicted octanol–water partition coefficient (Wildman–Crippen LogP) is 2.04. The first-order chi connectivity index (χ1) is 8.80. The van der Waals surface area contributed by atoms with Gasteiger partial charge in [-0.05, 0) is 53.0 Å². The average molecular weight is 270 g/mol. The van der Waals surface area contributed by atoms with Crippen molar-refractivity contribution in [3.8, 4) is 0 Å². The fourth-order valence-corrected chi connectivity index (χ4v) is 3.08. The van der Waals surface area contributed by atoms with Crippen molar-refractivity contribution in [3.63, 3.8) is 0 Å². The van der Waals surface area contributed by atoms with Gasteiger partial charge >= 0.3 is 5.97 Å². The third-order valence-electron chi connectivity index (χ3n) is 4.27. The molecule has 0 aromatic rings. The SMILES string of the molecule is COC(=O)C(C)(CN1CCCC(C)C1C)NC(C)C. The second kappa shape index (κ2) is 6.71. The molecule has 1 heterocycles. The van der Waals surface area contributed by atoms with Gasteiger partial charge in [-0.25, -0.2) is 0 Å². The molecule has 1 fully saturated rings. The van der Waals surface area contributed by atoms with E-state index in [2.05, 4.69) is 37.9 Å². The number of rotatable bonds is 5. The molecule has 0 aliphatic carbocycles. The van der Waals surface area contributed by atoms with Crippen LogP contribution in [-0.4, -0.2) is 48.7 Å². The van der Waals surface area contributed by atoms with E-state index in [1.807, 2.05) is 6.92 Å². The lowest BCUT2D eigenvalue weighted by atomic mass is 9.89. The molecule has 0 spiro atoms. The van der Waals surface area contributed by atoms with Crippen LogP contribution in [0.1, 0.15) is 47.5 Å². The summed E-state index contributed by atoms with van der Waals surface area (Å²) in [5.41, 5.74) is -0.631. The maximum atomic E-state index is 12.1. The zero-order valence-electron chi connectivity index (χ0n) is 13.3. The van der Waals surface area contributed by atoms with Crippen LogP contribution in [0.3, 0.4) is 0 Å². The number of carbonyl (C=O) groups is 1. The van der Waals surface area contributed by atoms with Gasteiger partial charge in [0.15, 0.2) is 0 Å². The molecule has 0 saturated carbocycles. The Kier molecular flexibility index (Phi) is 5.81. The van der Waals surface area contributed by atoms with Crippen molar-refractivity contribution in [2.45, 2.75) is 65.1 Å². The first-order valence-corrected chi connectivity index (χ1v) is 7.40. The van der Waals surface area contributed by atoms with Crippen LogP contribution in [-0.2, 0) is 9.53 Å². The Balaban J connectivity index is 2.79. The van der Waals surface area contributed by atoms with Crippen LogP contribution in [0.2, 0.25) is 0 Å². The average Bonchev–Trinajstić information content (AvgIpc) is 2.33. The lowest BCUT2D eigenvalue weighted by Gasteiger charge is -2.43. The molecular formula is C15H30N2O2. The number of hydrogen-bond acceptors (Lipinski definition) is 4. The molecule has 0 bridgehead atoms. The van der Waals surface area contributed by atoms with E-state index in [4.69, 9.17) is 4.74 Å². The zero-order valence-corrected chi connectivity index (χ0v) is 13.3. The molecule has 1 aliphatic rings. The number of nitrogens with one attached hydrogen (secondary N) is 1. The molecule has 1 aliphatic heterocycles. The summed E-state index contributed by atoms with van der Waals surface area (Å²) in [5, 5.41) is 3.37. The number of esters is 1. The summed E-state index contributed by atoms with van der Waals surface area (Å²) in [6, 6.07) is 0.772. The lowest BCUT2D eigenvalue weighted by molar-refractivity contribution is -0.149. The van der Waals surface area contributed by atoms with Crippen molar-refractivity contribution in [1.29, 1.82) is 0 Å².